The number of hydrogen-bond donors (Lipinski definition) is 6. The molecule has 0 saturated heterocycles. The van der Waals surface area contributed by atoms with Crippen molar-refractivity contribution in [3.05, 3.63) is 105 Å². The van der Waals surface area contributed by atoms with Crippen molar-refractivity contribution < 1.29 is 14.6 Å². The van der Waals surface area contributed by atoms with Crippen molar-refractivity contribution in [1.82, 2.24) is 20.1 Å². The van der Waals surface area contributed by atoms with Crippen LogP contribution >= 0.6 is 24.4 Å². The number of benzene rings is 3. The summed E-state index contributed by atoms with van der Waals surface area (Å²) in [4.78, 5) is 12.1. The molecule has 0 bridgehead atoms. The van der Waals surface area contributed by atoms with E-state index in [2.05, 4.69) is 26.1 Å². The Bertz CT molecular complexity index is 1550. The van der Waals surface area contributed by atoms with E-state index in [0.717, 1.165) is 34.6 Å². The molecule has 6 N–H and O–H groups in total. The standard InChI is InChI=1S/C29H32N6O3S2/c1-2-13-30-27(37)17-24(36)14-21-15-25(11-12-26(21)31-18-20-7-4-3-5-8-20)38-19-32-22-9-6-10-23(16-22)35-28(39)33-34-29(35)40/h3-12,15-17,31-32,36H,2,13-14,18-19H2,1H3,(H,30,37)(H,33,39)(H,34,40). The van der Waals surface area contributed by atoms with E-state index in [1.165, 1.54) is 6.08 Å². The number of aromatic amines is 2. The minimum atomic E-state index is -0.320. The molecule has 0 aliphatic rings. The van der Waals surface area contributed by atoms with E-state index in [4.69, 9.17) is 29.2 Å². The summed E-state index contributed by atoms with van der Waals surface area (Å²) in [6.45, 7) is 3.34. The molecule has 0 aliphatic heterocycles. The zero-order valence-corrected chi connectivity index (χ0v) is 23.7. The molecule has 4 rings (SSSR count). The summed E-state index contributed by atoms with van der Waals surface area (Å²) in [6.07, 6.45) is 2.21. The molecule has 0 unspecified atom stereocenters. The van der Waals surface area contributed by atoms with Crippen molar-refractivity contribution in [2.45, 2.75) is 26.3 Å². The first-order chi connectivity index (χ1) is 19.4. The highest BCUT2D eigenvalue weighted by molar-refractivity contribution is 7.72. The Morgan fingerprint density at radius 2 is 1.77 bits per heavy atom. The Morgan fingerprint density at radius 3 is 2.52 bits per heavy atom. The van der Waals surface area contributed by atoms with E-state index < -0.39 is 0 Å². The molecule has 1 aromatic heterocycles. The molecule has 0 spiro atoms. The number of H-pyrrole nitrogens is 2. The molecule has 0 fully saturated rings. The summed E-state index contributed by atoms with van der Waals surface area (Å²) in [5, 5.41) is 25.6. The van der Waals surface area contributed by atoms with Gasteiger partial charge in [0.1, 0.15) is 11.5 Å². The molecule has 11 heteroatoms. The molecule has 3 aromatic carbocycles. The molecular formula is C29H32N6O3S2. The number of anilines is 2. The third-order valence-electron chi connectivity index (χ3n) is 5.92. The van der Waals surface area contributed by atoms with Gasteiger partial charge in [-0.25, -0.2) is 0 Å². The second kappa shape index (κ2) is 14.2. The van der Waals surface area contributed by atoms with Gasteiger partial charge in [-0.05, 0) is 78.4 Å². The fourth-order valence-electron chi connectivity index (χ4n) is 3.97. The summed E-state index contributed by atoms with van der Waals surface area (Å²) in [5.41, 5.74) is 4.41. The topological polar surface area (TPSA) is 119 Å². The van der Waals surface area contributed by atoms with Crippen LogP contribution in [0.5, 0.6) is 5.75 Å². The van der Waals surface area contributed by atoms with E-state index in [1.807, 2.05) is 79.7 Å². The molecule has 208 valence electrons. The molecule has 0 saturated carbocycles. The molecule has 1 heterocycles. The first-order valence-electron chi connectivity index (χ1n) is 12.9. The van der Waals surface area contributed by atoms with E-state index >= 15 is 0 Å². The molecular weight excluding hydrogens is 544 g/mol. The number of ether oxygens (including phenoxy) is 1. The Labute approximate surface area is 242 Å². The van der Waals surface area contributed by atoms with Crippen molar-refractivity contribution in [3.8, 4) is 11.4 Å². The van der Waals surface area contributed by atoms with E-state index in [0.29, 0.717) is 28.4 Å². The van der Waals surface area contributed by atoms with E-state index in [-0.39, 0.29) is 24.8 Å². The number of nitrogens with one attached hydrogen (secondary N) is 5. The largest absolute Gasteiger partial charge is 0.512 e. The number of hydrogen-bond acceptors (Lipinski definition) is 7. The van der Waals surface area contributed by atoms with Crippen molar-refractivity contribution in [3.63, 3.8) is 0 Å². The molecule has 4 aromatic rings. The fraction of sp³-hybridized carbons (Fsp3) is 0.207. The number of aliphatic hydroxyl groups excluding tert-OH is 1. The van der Waals surface area contributed by atoms with Crippen LogP contribution in [-0.4, -0.2) is 39.1 Å². The second-order valence-corrected chi connectivity index (χ2v) is 9.75. The average Bonchev–Trinajstić information content (AvgIpc) is 3.29. The van der Waals surface area contributed by atoms with Crippen LogP contribution in [0.1, 0.15) is 24.5 Å². The lowest BCUT2D eigenvalue weighted by Crippen LogP contribution is -2.22. The highest BCUT2D eigenvalue weighted by Crippen LogP contribution is 2.25. The highest BCUT2D eigenvalue weighted by Gasteiger charge is 2.10. The number of aromatic nitrogens is 3. The van der Waals surface area contributed by atoms with Gasteiger partial charge in [-0.3, -0.25) is 19.6 Å². The van der Waals surface area contributed by atoms with Gasteiger partial charge in [-0.2, -0.15) is 0 Å². The first-order valence-corrected chi connectivity index (χ1v) is 13.7. The maximum atomic E-state index is 12.1. The van der Waals surface area contributed by atoms with Gasteiger partial charge in [-0.1, -0.05) is 43.3 Å². The number of nitrogens with zero attached hydrogens (tertiary/aromatic N) is 1. The lowest BCUT2D eigenvalue weighted by atomic mass is 10.1. The maximum absolute atomic E-state index is 12.1. The number of aliphatic hydroxyl groups is 1. The van der Waals surface area contributed by atoms with Crippen LogP contribution in [0.2, 0.25) is 0 Å². The fourth-order valence-corrected chi connectivity index (χ4v) is 4.52. The normalized spacial score (nSPS) is 11.2. The predicted octanol–water partition coefficient (Wildman–Crippen LogP) is 6.16. The summed E-state index contributed by atoms with van der Waals surface area (Å²) in [6, 6.07) is 23.3. The van der Waals surface area contributed by atoms with Gasteiger partial charge in [0.15, 0.2) is 16.3 Å². The molecule has 0 atom stereocenters. The number of amides is 1. The molecule has 40 heavy (non-hydrogen) atoms. The van der Waals surface area contributed by atoms with Crippen LogP contribution in [-0.2, 0) is 17.8 Å². The van der Waals surface area contributed by atoms with E-state index in [1.54, 1.807) is 4.57 Å². The van der Waals surface area contributed by atoms with Crippen LogP contribution in [0, 0.1) is 9.54 Å². The third-order valence-corrected chi connectivity index (χ3v) is 6.49. The molecule has 0 radical (unpaired) electrons. The highest BCUT2D eigenvalue weighted by atomic mass is 32.1. The number of carbonyl (C=O) groups is 1. The van der Waals surface area contributed by atoms with Gasteiger partial charge in [0.25, 0.3) is 0 Å². The van der Waals surface area contributed by atoms with Crippen molar-refractivity contribution >= 4 is 41.7 Å². The molecule has 1 amide bonds. The number of rotatable bonds is 13. The van der Waals surface area contributed by atoms with Gasteiger partial charge >= 0.3 is 0 Å². The predicted molar refractivity (Wildman–Crippen MR) is 163 cm³/mol. The summed E-state index contributed by atoms with van der Waals surface area (Å²) in [7, 11) is 0. The second-order valence-electron chi connectivity index (χ2n) is 8.97. The lowest BCUT2D eigenvalue weighted by molar-refractivity contribution is -0.116. The minimum absolute atomic E-state index is 0.0369. The summed E-state index contributed by atoms with van der Waals surface area (Å²) in [5.74, 6) is 0.256. The van der Waals surface area contributed by atoms with Crippen LogP contribution in [0.3, 0.4) is 0 Å². The van der Waals surface area contributed by atoms with Crippen molar-refractivity contribution in [2.75, 3.05) is 23.9 Å². The third kappa shape index (κ3) is 8.08. The smallest absolute Gasteiger partial charge is 0.247 e. The number of carbonyl (C=O) groups excluding carboxylic acids is 1. The van der Waals surface area contributed by atoms with E-state index in [9.17, 15) is 9.90 Å². The Kier molecular flexibility index (Phi) is 10.1. The summed E-state index contributed by atoms with van der Waals surface area (Å²) < 4.78 is 8.67. The van der Waals surface area contributed by atoms with Crippen molar-refractivity contribution in [2.24, 2.45) is 0 Å². The first kappa shape index (κ1) is 28.7. The van der Waals surface area contributed by atoms with Crippen LogP contribution in [0.25, 0.3) is 5.69 Å². The van der Waals surface area contributed by atoms with Gasteiger partial charge in [0.05, 0.1) is 5.69 Å². The minimum Gasteiger partial charge on any atom is -0.512 e. The quantitative estimate of drug-likeness (QED) is 0.0488. The average molecular weight is 577 g/mol. The summed E-state index contributed by atoms with van der Waals surface area (Å²) >= 11 is 10.6. The SMILES string of the molecule is CCCNC(=O)C=C(O)Cc1cc(OCNc2cccc(-n3c(=S)[nH][nH]c3=S)c2)ccc1NCc1ccccc1. The lowest BCUT2D eigenvalue weighted by Gasteiger charge is -2.15. The molecule has 0 aliphatic carbocycles. The Hall–Kier alpha value is -4.35. The van der Waals surface area contributed by atoms with Gasteiger partial charge in [-0.15, -0.1) is 0 Å². The zero-order valence-electron chi connectivity index (χ0n) is 22.1. The molecule has 9 nitrogen and oxygen atoms in total. The number of allylic oxidation sites excluding steroid dienone is 1. The van der Waals surface area contributed by atoms with Crippen LogP contribution < -0.4 is 20.7 Å². The van der Waals surface area contributed by atoms with Gasteiger partial charge in [0.2, 0.25) is 5.91 Å². The van der Waals surface area contributed by atoms with Crippen molar-refractivity contribution in [1.29, 1.82) is 0 Å². The Morgan fingerprint density at radius 1 is 1.00 bits per heavy atom. The van der Waals surface area contributed by atoms with Crippen LogP contribution in [0.15, 0.2) is 84.6 Å². The monoisotopic (exact) mass is 576 g/mol. The van der Waals surface area contributed by atoms with Crippen LogP contribution in [0.4, 0.5) is 11.4 Å². The van der Waals surface area contributed by atoms with Gasteiger partial charge < -0.3 is 25.8 Å². The Balaban J connectivity index is 1.46. The maximum Gasteiger partial charge on any atom is 0.247 e. The van der Waals surface area contributed by atoms with Gasteiger partial charge in [0, 0.05) is 37.0 Å². The zero-order chi connectivity index (χ0) is 28.3.